The Bertz CT molecular complexity index is 955. The Morgan fingerprint density at radius 2 is 1.63 bits per heavy atom. The molecular formula is C28H37F3N2O5. The van der Waals surface area contributed by atoms with Gasteiger partial charge in [-0.1, -0.05) is 55.3 Å². The largest absolute Gasteiger partial charge is 0.492 e. The quantitative estimate of drug-likeness (QED) is 0.248. The molecule has 0 aliphatic carbocycles. The normalized spacial score (nSPS) is 12.1. The minimum absolute atomic E-state index is 0.0839. The number of urea groups is 1. The Balaban J connectivity index is 1.85. The van der Waals surface area contributed by atoms with Crippen molar-refractivity contribution in [3.8, 4) is 5.75 Å². The third-order valence-electron chi connectivity index (χ3n) is 5.83. The molecule has 0 saturated heterocycles. The van der Waals surface area contributed by atoms with Crippen molar-refractivity contribution < 1.29 is 37.3 Å². The van der Waals surface area contributed by atoms with E-state index >= 15 is 0 Å². The van der Waals surface area contributed by atoms with E-state index in [0.29, 0.717) is 51.3 Å². The summed E-state index contributed by atoms with van der Waals surface area (Å²) in [5.41, 5.74) is 1.75. The summed E-state index contributed by atoms with van der Waals surface area (Å²) in [7, 11) is 0. The summed E-state index contributed by atoms with van der Waals surface area (Å²) in [6.07, 6.45) is -3.88. The molecule has 0 radical (unpaired) electrons. The molecule has 1 atom stereocenters. The number of alkyl halides is 3. The molecule has 0 aliphatic heterocycles. The fourth-order valence-electron chi connectivity index (χ4n) is 3.81. The third-order valence-corrected chi connectivity index (χ3v) is 5.83. The molecule has 38 heavy (non-hydrogen) atoms. The maximum Gasteiger partial charge on any atom is 0.389 e. The van der Waals surface area contributed by atoms with Crippen LogP contribution in [0, 0.1) is 0 Å². The van der Waals surface area contributed by atoms with Crippen LogP contribution in [0.4, 0.5) is 18.0 Å². The second kappa shape index (κ2) is 16.5. The molecule has 2 amide bonds. The van der Waals surface area contributed by atoms with Crippen molar-refractivity contribution in [2.24, 2.45) is 0 Å². The minimum atomic E-state index is -4.14. The zero-order valence-corrected chi connectivity index (χ0v) is 21.7. The number of halogens is 3. The molecule has 2 aromatic rings. The van der Waals surface area contributed by atoms with Gasteiger partial charge in [-0.05, 0) is 43.0 Å². The summed E-state index contributed by atoms with van der Waals surface area (Å²) < 4.78 is 48.1. The number of aliphatic carboxylic acids is 1. The standard InChI is InChI=1S/C28H37F3N2O5/c1-2-37-25(26(34)35)20-22-12-14-24(15-13-22)38-19-18-33(17-9-4-3-8-16-28(29,30)31)27(36)32-21-23-10-6-5-7-11-23/h5-7,10-15,25H,2-4,8-9,16-21H2,1H3,(H,32,36)(H,34,35). The zero-order chi connectivity index (χ0) is 27.8. The van der Waals surface area contributed by atoms with E-state index < -0.39 is 24.7 Å². The van der Waals surface area contributed by atoms with Crippen LogP contribution in [0.2, 0.25) is 0 Å². The van der Waals surface area contributed by atoms with Crippen molar-refractivity contribution in [2.45, 2.75) is 64.3 Å². The number of hydrogen-bond acceptors (Lipinski definition) is 4. The predicted molar refractivity (Wildman–Crippen MR) is 138 cm³/mol. The molecule has 1 unspecified atom stereocenters. The highest BCUT2D eigenvalue weighted by Gasteiger charge is 2.25. The number of carbonyl (C=O) groups is 2. The van der Waals surface area contributed by atoms with Crippen LogP contribution in [0.3, 0.4) is 0 Å². The van der Waals surface area contributed by atoms with Crippen molar-refractivity contribution in [3.05, 3.63) is 65.7 Å². The Hall–Kier alpha value is -3.27. The van der Waals surface area contributed by atoms with Crippen molar-refractivity contribution >= 4 is 12.0 Å². The fraction of sp³-hybridized carbons (Fsp3) is 0.500. The Morgan fingerprint density at radius 3 is 2.26 bits per heavy atom. The molecule has 7 nitrogen and oxygen atoms in total. The van der Waals surface area contributed by atoms with Crippen LogP contribution in [0.25, 0.3) is 0 Å². The average Bonchev–Trinajstić information content (AvgIpc) is 2.88. The molecule has 0 fully saturated rings. The van der Waals surface area contributed by atoms with E-state index in [4.69, 9.17) is 9.47 Å². The van der Waals surface area contributed by atoms with Gasteiger partial charge in [-0.2, -0.15) is 13.2 Å². The van der Waals surface area contributed by atoms with E-state index in [2.05, 4.69) is 5.32 Å². The predicted octanol–water partition coefficient (Wildman–Crippen LogP) is 5.82. The van der Waals surface area contributed by atoms with Gasteiger partial charge in [0.2, 0.25) is 0 Å². The van der Waals surface area contributed by atoms with Crippen molar-refractivity contribution in [2.75, 3.05) is 26.3 Å². The van der Waals surface area contributed by atoms with Gasteiger partial charge >= 0.3 is 18.2 Å². The van der Waals surface area contributed by atoms with Gasteiger partial charge in [-0.3, -0.25) is 0 Å². The summed E-state index contributed by atoms with van der Waals surface area (Å²) in [4.78, 5) is 25.7. The van der Waals surface area contributed by atoms with E-state index in [1.807, 2.05) is 30.3 Å². The van der Waals surface area contributed by atoms with Crippen LogP contribution in [0.5, 0.6) is 5.75 Å². The van der Waals surface area contributed by atoms with Crippen molar-refractivity contribution in [1.29, 1.82) is 0 Å². The molecule has 0 spiro atoms. The Labute approximate surface area is 221 Å². The SMILES string of the molecule is CCOC(Cc1ccc(OCCN(CCCCCCC(F)(F)F)C(=O)NCc2ccccc2)cc1)C(=O)O. The summed E-state index contributed by atoms with van der Waals surface area (Å²) in [5, 5.41) is 12.1. The molecule has 10 heteroatoms. The maximum atomic E-state index is 12.8. The fourth-order valence-corrected chi connectivity index (χ4v) is 3.81. The number of unbranched alkanes of at least 4 members (excludes halogenated alkanes) is 3. The van der Waals surface area contributed by atoms with Gasteiger partial charge in [-0.25, -0.2) is 9.59 Å². The van der Waals surface area contributed by atoms with Crippen molar-refractivity contribution in [3.63, 3.8) is 0 Å². The molecule has 210 valence electrons. The van der Waals surface area contributed by atoms with E-state index in [1.54, 1.807) is 36.1 Å². The molecule has 2 N–H and O–H groups in total. The lowest BCUT2D eigenvalue weighted by Crippen LogP contribution is -2.42. The number of nitrogens with one attached hydrogen (secondary N) is 1. The molecule has 2 rings (SSSR count). The number of ether oxygens (including phenoxy) is 2. The van der Waals surface area contributed by atoms with Gasteiger partial charge in [-0.15, -0.1) is 0 Å². The van der Waals surface area contributed by atoms with E-state index in [1.165, 1.54) is 0 Å². The zero-order valence-electron chi connectivity index (χ0n) is 21.7. The summed E-state index contributed by atoms with van der Waals surface area (Å²) in [6.45, 7) is 3.35. The third kappa shape index (κ3) is 12.8. The number of rotatable bonds is 17. The lowest BCUT2D eigenvalue weighted by molar-refractivity contribution is -0.150. The topological polar surface area (TPSA) is 88.1 Å². The van der Waals surface area contributed by atoms with Gasteiger partial charge in [0, 0.05) is 32.5 Å². The molecule has 2 aromatic carbocycles. The average molecular weight is 539 g/mol. The van der Waals surface area contributed by atoms with E-state index in [0.717, 1.165) is 11.1 Å². The molecule has 0 aromatic heterocycles. The van der Waals surface area contributed by atoms with Gasteiger partial charge in [0.15, 0.2) is 6.10 Å². The number of carbonyl (C=O) groups excluding carboxylic acids is 1. The first-order valence-corrected chi connectivity index (χ1v) is 12.9. The van der Waals surface area contributed by atoms with E-state index in [9.17, 15) is 27.9 Å². The highest BCUT2D eigenvalue weighted by Crippen LogP contribution is 2.23. The smallest absolute Gasteiger partial charge is 0.389 e. The highest BCUT2D eigenvalue weighted by molar-refractivity contribution is 5.74. The van der Waals surface area contributed by atoms with E-state index in [-0.39, 0.29) is 25.5 Å². The molecule has 0 bridgehead atoms. The number of hydrogen-bond donors (Lipinski definition) is 2. The minimum Gasteiger partial charge on any atom is -0.492 e. The second-order valence-corrected chi connectivity index (χ2v) is 8.89. The summed E-state index contributed by atoms with van der Waals surface area (Å²) in [6, 6.07) is 16.2. The number of carboxylic acid groups (broad SMARTS) is 1. The van der Waals surface area contributed by atoms with Crippen LogP contribution in [-0.2, 0) is 22.5 Å². The van der Waals surface area contributed by atoms with Crippen molar-refractivity contribution in [1.82, 2.24) is 10.2 Å². The first-order chi connectivity index (χ1) is 18.2. The monoisotopic (exact) mass is 538 g/mol. The number of amides is 2. The van der Waals surface area contributed by atoms with Gasteiger partial charge in [0.25, 0.3) is 0 Å². The van der Waals surface area contributed by atoms with Gasteiger partial charge < -0.3 is 24.8 Å². The lowest BCUT2D eigenvalue weighted by atomic mass is 10.1. The Kier molecular flexibility index (Phi) is 13.5. The molecule has 0 heterocycles. The second-order valence-electron chi connectivity index (χ2n) is 8.89. The number of benzene rings is 2. The van der Waals surface area contributed by atoms with Crippen LogP contribution < -0.4 is 10.1 Å². The van der Waals surface area contributed by atoms with Crippen LogP contribution in [0.1, 0.15) is 50.2 Å². The van der Waals surface area contributed by atoms with Gasteiger partial charge in [0.05, 0.1) is 6.54 Å². The molecule has 0 aliphatic rings. The molecule has 0 saturated carbocycles. The summed E-state index contributed by atoms with van der Waals surface area (Å²) >= 11 is 0. The van der Waals surface area contributed by atoms with Crippen LogP contribution in [-0.4, -0.2) is 60.6 Å². The molecular weight excluding hydrogens is 501 g/mol. The highest BCUT2D eigenvalue weighted by atomic mass is 19.4. The maximum absolute atomic E-state index is 12.8. The summed E-state index contributed by atoms with van der Waals surface area (Å²) in [5.74, 6) is -0.438. The van der Waals surface area contributed by atoms with Crippen LogP contribution >= 0.6 is 0 Å². The lowest BCUT2D eigenvalue weighted by Gasteiger charge is -2.23. The number of nitrogens with zero attached hydrogens (tertiary/aromatic N) is 1. The van der Waals surface area contributed by atoms with Crippen LogP contribution in [0.15, 0.2) is 54.6 Å². The first kappa shape index (κ1) is 31.0. The van der Waals surface area contributed by atoms with Gasteiger partial charge in [0.1, 0.15) is 12.4 Å². The Morgan fingerprint density at radius 1 is 0.947 bits per heavy atom. The number of carboxylic acids is 1. The first-order valence-electron chi connectivity index (χ1n) is 12.9.